The molecule has 3 fully saturated rings. The minimum Gasteiger partial charge on any atom is -0.444 e. The lowest BCUT2D eigenvalue weighted by Crippen LogP contribution is -2.62. The molecular formula is C44H48FN5O8SSi. The molecule has 0 saturated carbocycles. The Bertz CT molecular complexity index is 2450. The van der Waals surface area contributed by atoms with Crippen molar-refractivity contribution < 1.29 is 41.5 Å². The van der Waals surface area contributed by atoms with Gasteiger partial charge >= 0.3 is 6.09 Å². The molecule has 0 radical (unpaired) electrons. The van der Waals surface area contributed by atoms with Gasteiger partial charge in [-0.05, 0) is 84.6 Å². The van der Waals surface area contributed by atoms with Gasteiger partial charge in [0.1, 0.15) is 25.2 Å². The number of fused-ring (bicyclic) bond motifs is 2. The average Bonchev–Trinajstić information content (AvgIpc) is 3.72. The van der Waals surface area contributed by atoms with E-state index in [1.165, 1.54) is 18.2 Å². The summed E-state index contributed by atoms with van der Waals surface area (Å²) in [4.78, 5) is 59.1. The predicted molar refractivity (Wildman–Crippen MR) is 226 cm³/mol. The molecule has 0 aliphatic carbocycles. The van der Waals surface area contributed by atoms with Gasteiger partial charge in [0.05, 0.1) is 27.6 Å². The summed E-state index contributed by atoms with van der Waals surface area (Å²) in [6.45, 7) is 8.72. The van der Waals surface area contributed by atoms with Crippen molar-refractivity contribution in [1.29, 1.82) is 0 Å². The minimum absolute atomic E-state index is 0.00579. The van der Waals surface area contributed by atoms with Crippen LogP contribution in [-0.2, 0) is 42.1 Å². The Balaban J connectivity index is 0.889. The van der Waals surface area contributed by atoms with Gasteiger partial charge < -0.3 is 24.2 Å². The molecule has 4 amide bonds. The quantitative estimate of drug-likeness (QED) is 0.0881. The maximum atomic E-state index is 15.1. The highest BCUT2D eigenvalue weighted by atomic mass is 32.2. The molecule has 4 aliphatic heterocycles. The third-order valence-corrected chi connectivity index (χ3v) is 15.2. The van der Waals surface area contributed by atoms with E-state index in [9.17, 15) is 27.6 Å². The van der Waals surface area contributed by atoms with Gasteiger partial charge in [-0.3, -0.25) is 24.6 Å². The van der Waals surface area contributed by atoms with Crippen molar-refractivity contribution in [2.75, 3.05) is 41.5 Å². The fourth-order valence-electron chi connectivity index (χ4n) is 8.38. The number of likely N-dealkylation sites (tertiary alicyclic amines) is 1. The summed E-state index contributed by atoms with van der Waals surface area (Å²) in [5.41, 5.74) is 3.65. The number of benzene rings is 4. The lowest BCUT2D eigenvalue weighted by atomic mass is 9.95. The molecule has 0 aromatic heterocycles. The van der Waals surface area contributed by atoms with Gasteiger partial charge in [0.2, 0.25) is 15.7 Å². The van der Waals surface area contributed by atoms with E-state index in [-0.39, 0.29) is 72.1 Å². The second kappa shape index (κ2) is 16.5. The molecule has 4 aromatic rings. The summed E-state index contributed by atoms with van der Waals surface area (Å²) >= 11 is 0. The summed E-state index contributed by atoms with van der Waals surface area (Å²) < 4.78 is 53.5. The summed E-state index contributed by atoms with van der Waals surface area (Å²) in [5, 5.41) is 2.33. The van der Waals surface area contributed by atoms with E-state index in [0.29, 0.717) is 25.3 Å². The first kappa shape index (κ1) is 41.2. The summed E-state index contributed by atoms with van der Waals surface area (Å²) in [6.07, 6.45) is 0.405. The normalized spacial score (nSPS) is 20.3. The van der Waals surface area contributed by atoms with Crippen LogP contribution in [-0.4, -0.2) is 94.7 Å². The first-order valence-electron chi connectivity index (χ1n) is 20.2. The number of sulfone groups is 1. The minimum atomic E-state index is -4.11. The van der Waals surface area contributed by atoms with Crippen LogP contribution in [0.4, 0.5) is 26.2 Å². The number of carbonyl (C=O) groups excluding carboxylic acids is 4. The van der Waals surface area contributed by atoms with Crippen LogP contribution >= 0.6 is 0 Å². The predicted octanol–water partition coefficient (Wildman–Crippen LogP) is 6.66. The topological polar surface area (TPSA) is 146 Å². The lowest BCUT2D eigenvalue weighted by Gasteiger charge is -2.49. The molecule has 3 atom stereocenters. The second-order valence-electron chi connectivity index (χ2n) is 16.9. The standard InChI is InChI=1S/C44H48FN5O8SSi/c1-60(2,3)21-20-57-28-50-41(51)17-16-39(43(50)53)49-25-30-22-32(12-14-35(30)42(49)52)48-26-40-38(48)18-19-47(40)31-10-7-11-33(23-31)59(55,56)34-13-15-37(36(45)24-34)46-44(54)58-27-29-8-5-4-6-9-29/h4-15,22-24,38-40H,16-21,25-28H2,1-3H3,(H,46,54). The van der Waals surface area contributed by atoms with E-state index in [0.717, 1.165) is 45.9 Å². The Labute approximate surface area is 350 Å². The smallest absolute Gasteiger partial charge is 0.412 e. The van der Waals surface area contributed by atoms with Crippen molar-refractivity contribution in [2.24, 2.45) is 0 Å². The van der Waals surface area contributed by atoms with Gasteiger partial charge in [0.25, 0.3) is 11.8 Å². The Hall–Kier alpha value is -5.58. The van der Waals surface area contributed by atoms with Crippen molar-refractivity contribution >= 4 is 58.8 Å². The van der Waals surface area contributed by atoms with E-state index >= 15 is 4.39 Å². The number of anilines is 3. The Morgan fingerprint density at radius 1 is 0.850 bits per heavy atom. The third-order valence-electron chi connectivity index (χ3n) is 11.8. The number of hydrogen-bond donors (Lipinski definition) is 1. The molecule has 1 N–H and O–H groups in total. The highest BCUT2D eigenvalue weighted by Gasteiger charge is 2.48. The van der Waals surface area contributed by atoms with Crippen LogP contribution in [0.25, 0.3) is 0 Å². The number of ether oxygens (including phenoxy) is 2. The lowest BCUT2D eigenvalue weighted by molar-refractivity contribution is -0.158. The van der Waals surface area contributed by atoms with Crippen molar-refractivity contribution in [3.63, 3.8) is 0 Å². The van der Waals surface area contributed by atoms with Gasteiger partial charge in [-0.15, -0.1) is 0 Å². The van der Waals surface area contributed by atoms with Crippen LogP contribution in [0.5, 0.6) is 0 Å². The van der Waals surface area contributed by atoms with Gasteiger partial charge in [0, 0.05) is 57.7 Å². The molecule has 0 spiro atoms. The zero-order valence-electron chi connectivity index (χ0n) is 33.8. The molecule has 3 saturated heterocycles. The Kier molecular flexibility index (Phi) is 11.3. The van der Waals surface area contributed by atoms with Gasteiger partial charge in [-0.25, -0.2) is 17.6 Å². The Morgan fingerprint density at radius 3 is 2.38 bits per heavy atom. The van der Waals surface area contributed by atoms with E-state index in [1.807, 2.05) is 30.3 Å². The van der Waals surface area contributed by atoms with Gasteiger partial charge in [0.15, 0.2) is 0 Å². The molecular weight excluding hydrogens is 806 g/mol. The number of rotatable bonds is 13. The second-order valence-corrected chi connectivity index (χ2v) is 24.5. The SMILES string of the molecule is C[Si](C)(C)CCOCN1C(=O)CCC(N2Cc3cc(N4CC5C4CCN5c4cccc(S(=O)(=O)c5ccc(NC(=O)OCc6ccccc6)c(F)c5)c4)ccc3C2=O)C1=O. The number of imide groups is 1. The summed E-state index contributed by atoms with van der Waals surface area (Å²) in [5.74, 6) is -1.81. The number of nitrogens with one attached hydrogen (secondary N) is 1. The van der Waals surface area contributed by atoms with E-state index in [4.69, 9.17) is 9.47 Å². The van der Waals surface area contributed by atoms with E-state index in [1.54, 1.807) is 41.3 Å². The van der Waals surface area contributed by atoms with Crippen molar-refractivity contribution in [1.82, 2.24) is 9.80 Å². The molecule has 16 heteroatoms. The van der Waals surface area contributed by atoms with Crippen molar-refractivity contribution in [3.8, 4) is 0 Å². The van der Waals surface area contributed by atoms with Crippen LogP contribution in [0, 0.1) is 5.82 Å². The summed E-state index contributed by atoms with van der Waals surface area (Å²) in [7, 11) is -5.45. The van der Waals surface area contributed by atoms with E-state index in [2.05, 4.69) is 34.8 Å². The molecule has 4 aromatic carbocycles. The zero-order chi connectivity index (χ0) is 42.3. The average molecular weight is 854 g/mol. The highest BCUT2D eigenvalue weighted by Crippen LogP contribution is 2.41. The molecule has 60 heavy (non-hydrogen) atoms. The van der Waals surface area contributed by atoms with Crippen LogP contribution in [0.2, 0.25) is 25.7 Å². The van der Waals surface area contributed by atoms with Crippen LogP contribution < -0.4 is 15.1 Å². The molecule has 13 nitrogen and oxygen atoms in total. The van der Waals surface area contributed by atoms with E-state index < -0.39 is 41.8 Å². The molecule has 0 bridgehead atoms. The number of carbonyl (C=O) groups is 4. The number of halogens is 1. The van der Waals surface area contributed by atoms with Gasteiger partial charge in [-0.2, -0.15) is 0 Å². The monoisotopic (exact) mass is 853 g/mol. The molecule has 314 valence electrons. The molecule has 8 rings (SSSR count). The maximum absolute atomic E-state index is 15.1. The number of piperidine rings is 1. The van der Waals surface area contributed by atoms with Crippen molar-refractivity contribution in [2.45, 2.75) is 86.0 Å². The Morgan fingerprint density at radius 2 is 1.62 bits per heavy atom. The largest absolute Gasteiger partial charge is 0.444 e. The van der Waals surface area contributed by atoms with Gasteiger partial charge in [-0.1, -0.05) is 56.0 Å². The van der Waals surface area contributed by atoms with Crippen LogP contribution in [0.1, 0.15) is 40.7 Å². The molecule has 4 heterocycles. The zero-order valence-corrected chi connectivity index (χ0v) is 35.6. The maximum Gasteiger partial charge on any atom is 0.412 e. The van der Waals surface area contributed by atoms with Crippen LogP contribution in [0.15, 0.2) is 101 Å². The third kappa shape index (κ3) is 8.27. The molecule has 4 aliphatic rings. The number of hydrogen-bond acceptors (Lipinski definition) is 10. The first-order chi connectivity index (χ1) is 28.7. The van der Waals surface area contributed by atoms with Crippen molar-refractivity contribution in [3.05, 3.63) is 114 Å². The highest BCUT2D eigenvalue weighted by molar-refractivity contribution is 7.91. The fourth-order valence-corrected chi connectivity index (χ4v) is 10.4. The van der Waals surface area contributed by atoms with Crippen LogP contribution in [0.3, 0.4) is 0 Å². The first-order valence-corrected chi connectivity index (χ1v) is 25.4. The fraction of sp³-hybridized carbons (Fsp3) is 0.364. The summed E-state index contributed by atoms with van der Waals surface area (Å²) in [6, 6.07) is 25.2. The molecule has 3 unspecified atom stereocenters. The number of nitrogens with zero attached hydrogens (tertiary/aromatic N) is 4. The number of amides is 4.